The Bertz CT molecular complexity index is 1450. The van der Waals surface area contributed by atoms with Crippen LogP contribution in [0.5, 0.6) is 0 Å². The molecule has 1 atom stereocenters. The summed E-state index contributed by atoms with van der Waals surface area (Å²) in [5.74, 6) is 2.04. The van der Waals surface area contributed by atoms with Gasteiger partial charge in [-0.2, -0.15) is 9.30 Å². The van der Waals surface area contributed by atoms with Crippen molar-refractivity contribution in [3.8, 4) is 12.3 Å². The fourth-order valence-electron chi connectivity index (χ4n) is 4.18. The highest BCUT2D eigenvalue weighted by Gasteiger charge is 2.32. The molecule has 0 aliphatic carbocycles. The van der Waals surface area contributed by atoms with Gasteiger partial charge in [-0.1, -0.05) is 53.8 Å². The molecule has 34 heavy (non-hydrogen) atoms. The van der Waals surface area contributed by atoms with E-state index in [9.17, 15) is 13.2 Å². The Hall–Kier alpha value is -2.15. The van der Waals surface area contributed by atoms with Crippen LogP contribution in [-0.4, -0.2) is 35.8 Å². The summed E-state index contributed by atoms with van der Waals surface area (Å²) < 4.78 is 30.4. The van der Waals surface area contributed by atoms with E-state index in [4.69, 9.17) is 29.6 Å². The Morgan fingerprint density at radius 3 is 2.62 bits per heavy atom. The van der Waals surface area contributed by atoms with Crippen LogP contribution in [0.15, 0.2) is 46.3 Å². The van der Waals surface area contributed by atoms with Gasteiger partial charge in [-0.3, -0.25) is 4.79 Å². The van der Waals surface area contributed by atoms with E-state index >= 15 is 0 Å². The third kappa shape index (κ3) is 4.68. The van der Waals surface area contributed by atoms with Crippen molar-refractivity contribution in [2.24, 2.45) is 4.99 Å². The van der Waals surface area contributed by atoms with E-state index in [2.05, 4.69) is 10.9 Å². The largest absolute Gasteiger partial charge is 0.303 e. The smallest absolute Gasteiger partial charge is 0.279 e. The zero-order valence-electron chi connectivity index (χ0n) is 18.5. The van der Waals surface area contributed by atoms with Gasteiger partial charge in [0.2, 0.25) is 10.0 Å². The lowest BCUT2D eigenvalue weighted by Crippen LogP contribution is -2.43. The van der Waals surface area contributed by atoms with Gasteiger partial charge in [-0.05, 0) is 55.7 Å². The molecule has 178 valence electrons. The summed E-state index contributed by atoms with van der Waals surface area (Å²) in [7, 11) is -3.62. The highest BCUT2D eigenvalue weighted by Crippen LogP contribution is 2.32. The topological polar surface area (TPSA) is 71.7 Å². The van der Waals surface area contributed by atoms with Gasteiger partial charge in [0, 0.05) is 18.2 Å². The van der Waals surface area contributed by atoms with Gasteiger partial charge in [-0.15, -0.1) is 6.42 Å². The summed E-state index contributed by atoms with van der Waals surface area (Å²) >= 11 is 13.8. The van der Waals surface area contributed by atoms with Gasteiger partial charge >= 0.3 is 0 Å². The normalized spacial score (nSPS) is 17.7. The number of hydrogen-bond donors (Lipinski definition) is 0. The van der Waals surface area contributed by atoms with E-state index in [0.29, 0.717) is 26.9 Å². The lowest BCUT2D eigenvalue weighted by Gasteiger charge is -2.34. The second-order valence-corrected chi connectivity index (χ2v) is 11.7. The number of carbonyl (C=O) groups excluding carboxylic acids is 1. The van der Waals surface area contributed by atoms with E-state index in [1.807, 2.05) is 6.92 Å². The maximum absolute atomic E-state index is 13.2. The van der Waals surface area contributed by atoms with E-state index in [1.165, 1.54) is 35.6 Å². The predicted molar refractivity (Wildman–Crippen MR) is 137 cm³/mol. The van der Waals surface area contributed by atoms with Crippen molar-refractivity contribution < 1.29 is 13.2 Å². The van der Waals surface area contributed by atoms with Crippen LogP contribution >= 0.6 is 34.5 Å². The van der Waals surface area contributed by atoms with Crippen LogP contribution in [0.25, 0.3) is 10.2 Å². The summed E-state index contributed by atoms with van der Waals surface area (Å²) in [6, 6.07) is 9.41. The number of benzene rings is 2. The Morgan fingerprint density at radius 1 is 1.21 bits per heavy atom. The maximum atomic E-state index is 13.2. The summed E-state index contributed by atoms with van der Waals surface area (Å²) in [5, 5.41) is 0.726. The minimum atomic E-state index is -3.62. The third-order valence-corrected chi connectivity index (χ3v) is 9.74. The second kappa shape index (κ2) is 10.2. The van der Waals surface area contributed by atoms with Gasteiger partial charge in [0.05, 0.1) is 31.7 Å². The van der Waals surface area contributed by atoms with Crippen LogP contribution in [0.4, 0.5) is 0 Å². The first-order valence-corrected chi connectivity index (χ1v) is 13.9. The molecule has 1 amide bonds. The average molecular weight is 537 g/mol. The first-order valence-electron chi connectivity index (χ1n) is 10.9. The summed E-state index contributed by atoms with van der Waals surface area (Å²) in [6.45, 7) is 2.69. The number of aromatic nitrogens is 1. The highest BCUT2D eigenvalue weighted by molar-refractivity contribution is 7.89. The molecule has 4 rings (SSSR count). The van der Waals surface area contributed by atoms with Crippen LogP contribution in [0.3, 0.4) is 0 Å². The molecule has 1 aliphatic rings. The molecule has 1 aliphatic heterocycles. The number of piperidine rings is 1. The van der Waals surface area contributed by atoms with E-state index in [-0.39, 0.29) is 23.0 Å². The lowest BCUT2D eigenvalue weighted by molar-refractivity contribution is 0.0997. The summed E-state index contributed by atoms with van der Waals surface area (Å²) in [6.07, 6.45) is 9.05. The van der Waals surface area contributed by atoms with Crippen LogP contribution in [0.1, 0.15) is 43.0 Å². The number of hydrogen-bond acceptors (Lipinski definition) is 4. The molecule has 0 N–H and O–H groups in total. The van der Waals surface area contributed by atoms with E-state index in [1.54, 1.807) is 21.0 Å². The minimum Gasteiger partial charge on any atom is -0.303 e. The Kier molecular flexibility index (Phi) is 7.51. The number of amides is 1. The molecular weight excluding hydrogens is 513 g/mol. The lowest BCUT2D eigenvalue weighted by atomic mass is 10.0. The van der Waals surface area contributed by atoms with E-state index < -0.39 is 15.9 Å². The molecule has 6 nitrogen and oxygen atoms in total. The Morgan fingerprint density at radius 2 is 1.94 bits per heavy atom. The van der Waals surface area contributed by atoms with Crippen molar-refractivity contribution in [2.45, 2.75) is 50.1 Å². The monoisotopic (exact) mass is 535 g/mol. The second-order valence-electron chi connectivity index (χ2n) is 8.00. The van der Waals surface area contributed by atoms with Crippen LogP contribution in [-0.2, 0) is 16.6 Å². The SMILES string of the molecule is C#CCn1c(=NC(=O)c2ccc(S(=O)(=O)N3CCCCC3CC)cc2)sc2ccc(Cl)c(Cl)c21. The van der Waals surface area contributed by atoms with E-state index in [0.717, 1.165) is 30.4 Å². The van der Waals surface area contributed by atoms with Gasteiger partial charge in [0.1, 0.15) is 0 Å². The summed E-state index contributed by atoms with van der Waals surface area (Å²) in [4.78, 5) is 17.7. The molecule has 1 saturated heterocycles. The fraction of sp³-hybridized carbons (Fsp3) is 0.333. The highest BCUT2D eigenvalue weighted by atomic mass is 35.5. The standard InChI is InChI=1S/C24H23Cl2N3O3S2/c1-3-14-28-22-20(13-12-19(25)21(22)26)33-24(28)27-23(30)16-8-10-18(11-9-16)34(31,32)29-15-6-5-7-17(29)4-2/h1,8-13,17H,4-7,14-15H2,2H3. The maximum Gasteiger partial charge on any atom is 0.279 e. The fourth-order valence-corrected chi connectivity index (χ4v) is 7.46. The number of halogens is 2. The quantitative estimate of drug-likeness (QED) is 0.414. The molecule has 10 heteroatoms. The van der Waals surface area contributed by atoms with Crippen LogP contribution in [0.2, 0.25) is 10.0 Å². The van der Waals surface area contributed by atoms with Gasteiger partial charge < -0.3 is 4.57 Å². The van der Waals surface area contributed by atoms with Crippen molar-refractivity contribution in [3.63, 3.8) is 0 Å². The molecule has 3 aromatic rings. The summed E-state index contributed by atoms with van der Waals surface area (Å²) in [5.41, 5.74) is 0.899. The molecule has 0 radical (unpaired) electrons. The van der Waals surface area contributed by atoms with Gasteiger partial charge in [-0.25, -0.2) is 8.42 Å². The number of nitrogens with zero attached hydrogens (tertiary/aromatic N) is 3. The first-order chi connectivity index (χ1) is 16.3. The number of fused-ring (bicyclic) bond motifs is 1. The number of rotatable bonds is 5. The van der Waals surface area contributed by atoms with Crippen molar-refractivity contribution in [3.05, 3.63) is 56.8 Å². The van der Waals surface area contributed by atoms with Crippen LogP contribution < -0.4 is 4.80 Å². The molecular formula is C24H23Cl2N3O3S2. The zero-order chi connectivity index (χ0) is 24.5. The van der Waals surface area contributed by atoms with Crippen molar-refractivity contribution in [1.29, 1.82) is 0 Å². The number of sulfonamides is 1. The van der Waals surface area contributed by atoms with Crippen LogP contribution in [0, 0.1) is 12.3 Å². The zero-order valence-corrected chi connectivity index (χ0v) is 21.6. The number of terminal acetylenes is 1. The number of thiazole rings is 1. The van der Waals surface area contributed by atoms with Gasteiger partial charge in [0.25, 0.3) is 5.91 Å². The minimum absolute atomic E-state index is 0.00921. The van der Waals surface area contributed by atoms with Crippen molar-refractivity contribution >= 4 is 60.7 Å². The molecule has 2 heterocycles. The molecule has 1 aromatic heterocycles. The molecule has 0 bridgehead atoms. The van der Waals surface area contributed by atoms with Crippen molar-refractivity contribution in [2.75, 3.05) is 6.54 Å². The Labute approximate surface area is 212 Å². The van der Waals surface area contributed by atoms with Gasteiger partial charge in [0.15, 0.2) is 4.80 Å². The molecule has 0 spiro atoms. The number of carbonyl (C=O) groups is 1. The third-order valence-electron chi connectivity index (χ3n) is 5.93. The molecule has 1 unspecified atom stereocenters. The first kappa shape index (κ1) is 25.0. The van der Waals surface area contributed by atoms with Crippen molar-refractivity contribution in [1.82, 2.24) is 8.87 Å². The predicted octanol–water partition coefficient (Wildman–Crippen LogP) is 5.34. The Balaban J connectivity index is 1.68. The molecule has 2 aromatic carbocycles. The average Bonchev–Trinajstić information content (AvgIpc) is 3.19. The molecule has 1 fully saturated rings. The molecule has 0 saturated carbocycles.